The Morgan fingerprint density at radius 1 is 0.970 bits per heavy atom. The highest BCUT2D eigenvalue weighted by atomic mass is 79.9. The van der Waals surface area contributed by atoms with Crippen molar-refractivity contribution < 1.29 is 19.1 Å². The second kappa shape index (κ2) is 11.1. The largest absolute Gasteiger partial charge is 0.492 e. The van der Waals surface area contributed by atoms with Crippen molar-refractivity contribution in [2.24, 2.45) is 0 Å². The first kappa shape index (κ1) is 23.0. The fraction of sp³-hybridized carbons (Fsp3) is 0.231. The molecule has 0 aromatic heterocycles. The van der Waals surface area contributed by atoms with Gasteiger partial charge >= 0.3 is 0 Å². The first-order valence-electron chi connectivity index (χ1n) is 10.9. The molecule has 6 nitrogen and oxygen atoms in total. The summed E-state index contributed by atoms with van der Waals surface area (Å²) in [5.41, 5.74) is 2.62. The first-order valence-corrected chi connectivity index (χ1v) is 11.6. The molecule has 170 valence electrons. The molecule has 1 aliphatic heterocycles. The number of carbonyl (C=O) groups is 2. The maximum absolute atomic E-state index is 12.9. The van der Waals surface area contributed by atoms with Crippen molar-refractivity contribution in [3.63, 3.8) is 0 Å². The summed E-state index contributed by atoms with van der Waals surface area (Å²) in [6, 6.07) is 22.4. The maximum atomic E-state index is 12.9. The average Bonchev–Trinajstić information content (AvgIpc) is 2.86. The molecular formula is C26H25BrN2O4. The highest BCUT2D eigenvalue weighted by molar-refractivity contribution is 9.10. The maximum Gasteiger partial charge on any atom is 0.256 e. The highest BCUT2D eigenvalue weighted by Gasteiger charge is 2.22. The Bertz CT molecular complexity index is 1110. The predicted octanol–water partition coefficient (Wildman–Crippen LogP) is 4.80. The van der Waals surface area contributed by atoms with E-state index in [0.717, 1.165) is 6.42 Å². The van der Waals surface area contributed by atoms with E-state index in [1.54, 1.807) is 47.4 Å². The second-order valence-electron chi connectivity index (χ2n) is 7.63. The number of para-hydroxylation sites is 1. The van der Waals surface area contributed by atoms with Gasteiger partial charge in [0.1, 0.15) is 5.75 Å². The third kappa shape index (κ3) is 6.00. The molecule has 33 heavy (non-hydrogen) atoms. The molecule has 0 aliphatic carbocycles. The topological polar surface area (TPSA) is 67.9 Å². The van der Waals surface area contributed by atoms with Gasteiger partial charge in [0.05, 0.1) is 35.5 Å². The van der Waals surface area contributed by atoms with Gasteiger partial charge in [-0.2, -0.15) is 0 Å². The van der Waals surface area contributed by atoms with Gasteiger partial charge in [-0.25, -0.2) is 0 Å². The van der Waals surface area contributed by atoms with Gasteiger partial charge in [0.2, 0.25) is 0 Å². The lowest BCUT2D eigenvalue weighted by Crippen LogP contribution is -2.41. The Balaban J connectivity index is 1.40. The minimum Gasteiger partial charge on any atom is -0.492 e. The van der Waals surface area contributed by atoms with Crippen LogP contribution in [0.1, 0.15) is 26.3 Å². The smallest absolute Gasteiger partial charge is 0.256 e. The molecule has 1 N–H and O–H groups in total. The molecule has 2 amide bonds. The molecule has 0 atom stereocenters. The average molecular weight is 509 g/mol. The van der Waals surface area contributed by atoms with Crippen LogP contribution in [0, 0.1) is 0 Å². The van der Waals surface area contributed by atoms with Crippen molar-refractivity contribution in [2.45, 2.75) is 6.42 Å². The monoisotopic (exact) mass is 508 g/mol. The van der Waals surface area contributed by atoms with Crippen molar-refractivity contribution >= 4 is 33.4 Å². The van der Waals surface area contributed by atoms with Gasteiger partial charge in [-0.05, 0) is 51.8 Å². The summed E-state index contributed by atoms with van der Waals surface area (Å²) >= 11 is 3.50. The van der Waals surface area contributed by atoms with Gasteiger partial charge in [0.15, 0.2) is 0 Å². The zero-order valence-corrected chi connectivity index (χ0v) is 19.7. The number of hydrogen-bond acceptors (Lipinski definition) is 4. The number of rotatable bonds is 7. The Labute approximate surface area is 201 Å². The number of ether oxygens (including phenoxy) is 2. The summed E-state index contributed by atoms with van der Waals surface area (Å²) in [6.07, 6.45) is 0.795. The van der Waals surface area contributed by atoms with E-state index in [1.807, 2.05) is 18.2 Å². The van der Waals surface area contributed by atoms with Crippen LogP contribution in [0.3, 0.4) is 0 Å². The Kier molecular flexibility index (Phi) is 7.75. The SMILES string of the molecule is O=C(Nc1ccccc1C(=O)N1CCOCC1)c1ccc(OCCc2ccccc2)c(Br)c1. The second-order valence-corrected chi connectivity index (χ2v) is 8.49. The van der Waals surface area contributed by atoms with Crippen LogP contribution in [-0.4, -0.2) is 49.6 Å². The molecule has 1 saturated heterocycles. The minimum absolute atomic E-state index is 0.113. The third-order valence-corrected chi connectivity index (χ3v) is 6.01. The Hall–Kier alpha value is -3.16. The van der Waals surface area contributed by atoms with Gasteiger partial charge in [0.25, 0.3) is 11.8 Å². The molecule has 0 spiro atoms. The highest BCUT2D eigenvalue weighted by Crippen LogP contribution is 2.27. The summed E-state index contributed by atoms with van der Waals surface area (Å²) in [7, 11) is 0. The summed E-state index contributed by atoms with van der Waals surface area (Å²) < 4.78 is 11.9. The van der Waals surface area contributed by atoms with E-state index < -0.39 is 0 Å². The molecule has 0 saturated carbocycles. The molecule has 0 unspecified atom stereocenters. The number of benzene rings is 3. The molecule has 7 heteroatoms. The molecule has 0 bridgehead atoms. The van der Waals surface area contributed by atoms with Gasteiger partial charge in [-0.1, -0.05) is 42.5 Å². The standard InChI is InChI=1S/C26H25BrN2O4/c27-22-18-20(10-11-24(22)33-15-12-19-6-2-1-3-7-19)25(30)28-23-9-5-4-8-21(23)26(31)29-13-16-32-17-14-29/h1-11,18H,12-17H2,(H,28,30). The van der Waals surface area contributed by atoms with Gasteiger partial charge in [-0.3, -0.25) is 9.59 Å². The van der Waals surface area contributed by atoms with E-state index in [9.17, 15) is 9.59 Å². The van der Waals surface area contributed by atoms with E-state index in [0.29, 0.717) is 59.9 Å². The number of halogens is 1. The third-order valence-electron chi connectivity index (χ3n) is 5.39. The van der Waals surface area contributed by atoms with Crippen LogP contribution in [0.2, 0.25) is 0 Å². The van der Waals surface area contributed by atoms with Crippen LogP contribution < -0.4 is 10.1 Å². The summed E-state index contributed by atoms with van der Waals surface area (Å²) in [5, 5.41) is 2.88. The number of nitrogens with one attached hydrogen (secondary N) is 1. The normalized spacial score (nSPS) is 13.4. The van der Waals surface area contributed by atoms with Gasteiger partial charge < -0.3 is 19.7 Å². The van der Waals surface area contributed by atoms with Crippen LogP contribution in [-0.2, 0) is 11.2 Å². The van der Waals surface area contributed by atoms with E-state index in [4.69, 9.17) is 9.47 Å². The van der Waals surface area contributed by atoms with Crippen LogP contribution in [0.25, 0.3) is 0 Å². The number of morpholine rings is 1. The summed E-state index contributed by atoms with van der Waals surface area (Å²) in [4.78, 5) is 27.6. The van der Waals surface area contributed by atoms with Crippen LogP contribution in [0.15, 0.2) is 77.3 Å². The lowest BCUT2D eigenvalue weighted by atomic mass is 10.1. The number of amides is 2. The summed E-state index contributed by atoms with van der Waals surface area (Å²) in [6.45, 7) is 2.66. The first-order chi connectivity index (χ1) is 16.1. The molecule has 3 aromatic carbocycles. The lowest BCUT2D eigenvalue weighted by molar-refractivity contribution is 0.0303. The van der Waals surface area contributed by atoms with Crippen molar-refractivity contribution in [3.8, 4) is 5.75 Å². The zero-order valence-electron chi connectivity index (χ0n) is 18.1. The quantitative estimate of drug-likeness (QED) is 0.497. The predicted molar refractivity (Wildman–Crippen MR) is 131 cm³/mol. The van der Waals surface area contributed by atoms with Crippen LogP contribution in [0.4, 0.5) is 5.69 Å². The van der Waals surface area contributed by atoms with Crippen LogP contribution >= 0.6 is 15.9 Å². The molecule has 1 fully saturated rings. The number of hydrogen-bond donors (Lipinski definition) is 1. The Morgan fingerprint density at radius 2 is 1.70 bits per heavy atom. The van der Waals surface area contributed by atoms with Crippen molar-refractivity contribution in [2.75, 3.05) is 38.2 Å². The van der Waals surface area contributed by atoms with Gasteiger partial charge in [-0.15, -0.1) is 0 Å². The zero-order chi connectivity index (χ0) is 23.0. The van der Waals surface area contributed by atoms with Crippen molar-refractivity contribution in [3.05, 3.63) is 94.0 Å². The number of nitrogens with zero attached hydrogens (tertiary/aromatic N) is 1. The molecule has 4 rings (SSSR count). The van der Waals surface area contributed by atoms with Crippen molar-refractivity contribution in [1.29, 1.82) is 0 Å². The van der Waals surface area contributed by atoms with E-state index in [-0.39, 0.29) is 11.8 Å². The molecule has 3 aromatic rings. The van der Waals surface area contributed by atoms with Gasteiger partial charge in [0, 0.05) is 25.1 Å². The Morgan fingerprint density at radius 3 is 2.45 bits per heavy atom. The van der Waals surface area contributed by atoms with Crippen LogP contribution in [0.5, 0.6) is 5.75 Å². The number of anilines is 1. The minimum atomic E-state index is -0.297. The van der Waals surface area contributed by atoms with E-state index in [1.165, 1.54) is 5.56 Å². The van der Waals surface area contributed by atoms with E-state index >= 15 is 0 Å². The number of carbonyl (C=O) groups excluding carboxylic acids is 2. The fourth-order valence-corrected chi connectivity index (χ4v) is 4.09. The molecule has 1 heterocycles. The summed E-state index contributed by atoms with van der Waals surface area (Å²) in [5.74, 6) is 0.261. The van der Waals surface area contributed by atoms with Crippen molar-refractivity contribution in [1.82, 2.24) is 4.90 Å². The molecule has 1 aliphatic rings. The fourth-order valence-electron chi connectivity index (χ4n) is 3.59. The van der Waals surface area contributed by atoms with E-state index in [2.05, 4.69) is 33.4 Å². The molecular weight excluding hydrogens is 484 g/mol. The lowest BCUT2D eigenvalue weighted by Gasteiger charge is -2.27. The molecule has 0 radical (unpaired) electrons.